The Morgan fingerprint density at radius 3 is 0.550 bits per heavy atom. The van der Waals surface area contributed by atoms with Crippen LogP contribution in [0, 0.1) is 0 Å². The van der Waals surface area contributed by atoms with E-state index in [1.54, 1.807) is 0 Å². The quantitative estimate of drug-likeness (QED) is 0.407. The van der Waals surface area contributed by atoms with Gasteiger partial charge in [0.05, 0.1) is 0 Å². The van der Waals surface area contributed by atoms with E-state index in [1.807, 2.05) is 0 Å². The molecule has 0 saturated heterocycles. The summed E-state index contributed by atoms with van der Waals surface area (Å²) < 4.78 is 0. The van der Waals surface area contributed by atoms with E-state index >= 15 is 0 Å². The average Bonchev–Trinajstić information content (AvgIpc) is 2.12. The Bertz CT molecular complexity index is 119. The molecule has 0 radical (unpaired) electrons. The summed E-state index contributed by atoms with van der Waals surface area (Å²) in [5.74, 6) is 0. The smallest absolute Gasteiger partial charge is 1.00 e. The SMILES string of the molecule is CN(C)CCN(C)C.CN(C)CCN(C)C.[Br-].[Br-].[Li+].[Li+]. The number of halogens is 2. The Balaban J connectivity index is -0.0000000408. The van der Waals surface area contributed by atoms with Gasteiger partial charge in [-0.25, -0.2) is 0 Å². The van der Waals surface area contributed by atoms with Crippen LogP contribution < -0.4 is 71.7 Å². The summed E-state index contributed by atoms with van der Waals surface area (Å²) in [6, 6.07) is 0. The molecule has 0 unspecified atom stereocenters. The fraction of sp³-hybridized carbons (Fsp3) is 1.00. The van der Waals surface area contributed by atoms with Gasteiger partial charge in [-0.2, -0.15) is 0 Å². The van der Waals surface area contributed by atoms with Crippen LogP contribution in [0.25, 0.3) is 0 Å². The van der Waals surface area contributed by atoms with Crippen molar-refractivity contribution in [2.24, 2.45) is 0 Å². The van der Waals surface area contributed by atoms with Gasteiger partial charge in [0, 0.05) is 26.2 Å². The maximum atomic E-state index is 2.18. The maximum absolute atomic E-state index is 2.18. The minimum absolute atomic E-state index is 0. The van der Waals surface area contributed by atoms with Crippen molar-refractivity contribution in [3.05, 3.63) is 0 Å². The van der Waals surface area contributed by atoms with Crippen LogP contribution in [0.5, 0.6) is 0 Å². The third kappa shape index (κ3) is 50.1. The van der Waals surface area contributed by atoms with Crippen LogP contribution in [0.4, 0.5) is 0 Å². The summed E-state index contributed by atoms with van der Waals surface area (Å²) in [5, 5.41) is 0. The second kappa shape index (κ2) is 25.9. The molecule has 0 amide bonds. The molecule has 0 aliphatic heterocycles. The second-order valence-corrected chi connectivity index (χ2v) is 5.21. The zero-order valence-electron chi connectivity index (χ0n) is 15.4. The molecule has 0 N–H and O–H groups in total. The van der Waals surface area contributed by atoms with Crippen molar-refractivity contribution in [1.82, 2.24) is 19.6 Å². The van der Waals surface area contributed by atoms with Crippen molar-refractivity contribution in [2.45, 2.75) is 0 Å². The standard InChI is InChI=1S/2C6H16N2.2BrH.2Li/c2*1-7(2)5-6-8(3)4;;;;/h2*5-6H2,1-4H3;2*1H;;/q;;;;2*+1/p-2. The zero-order valence-corrected chi connectivity index (χ0v) is 18.5. The Morgan fingerprint density at radius 1 is 0.400 bits per heavy atom. The van der Waals surface area contributed by atoms with Crippen LogP contribution in [0.1, 0.15) is 0 Å². The molecular formula is C12H32Br2Li2N4. The molecule has 0 heterocycles. The van der Waals surface area contributed by atoms with Gasteiger partial charge in [-0.3, -0.25) is 0 Å². The van der Waals surface area contributed by atoms with Gasteiger partial charge in [-0.15, -0.1) is 0 Å². The molecule has 20 heavy (non-hydrogen) atoms. The van der Waals surface area contributed by atoms with E-state index in [0.717, 1.165) is 26.2 Å². The number of hydrogen-bond acceptors (Lipinski definition) is 4. The Kier molecular flexibility index (Phi) is 49.1. The first-order valence-corrected chi connectivity index (χ1v) is 5.84. The van der Waals surface area contributed by atoms with E-state index in [-0.39, 0.29) is 71.7 Å². The van der Waals surface area contributed by atoms with E-state index in [0.29, 0.717) is 0 Å². The predicted octanol–water partition coefficient (Wildman–Crippen LogP) is -11.8. The number of nitrogens with zero attached hydrogens (tertiary/aromatic N) is 4. The van der Waals surface area contributed by atoms with Crippen LogP contribution in [-0.2, 0) is 0 Å². The van der Waals surface area contributed by atoms with Gasteiger partial charge >= 0.3 is 37.7 Å². The fourth-order valence-corrected chi connectivity index (χ4v) is 0.800. The van der Waals surface area contributed by atoms with Crippen LogP contribution in [0.2, 0.25) is 0 Å². The topological polar surface area (TPSA) is 13.0 Å². The number of rotatable bonds is 6. The van der Waals surface area contributed by atoms with Gasteiger partial charge in [0.25, 0.3) is 0 Å². The van der Waals surface area contributed by atoms with E-state index in [4.69, 9.17) is 0 Å². The van der Waals surface area contributed by atoms with Crippen molar-refractivity contribution >= 4 is 0 Å². The summed E-state index contributed by atoms with van der Waals surface area (Å²) in [6.07, 6.45) is 0. The van der Waals surface area contributed by atoms with Gasteiger partial charge in [-0.1, -0.05) is 0 Å². The predicted molar refractivity (Wildman–Crippen MR) is 74.2 cm³/mol. The van der Waals surface area contributed by atoms with Crippen LogP contribution in [-0.4, -0.2) is 102 Å². The Labute approximate surface area is 172 Å². The molecule has 0 saturated carbocycles. The monoisotopic (exact) mass is 404 g/mol. The summed E-state index contributed by atoms with van der Waals surface area (Å²) in [5.41, 5.74) is 0. The van der Waals surface area contributed by atoms with Crippen LogP contribution in [0.3, 0.4) is 0 Å². The Hall–Kier alpha value is 1.99. The Morgan fingerprint density at radius 2 is 0.500 bits per heavy atom. The first-order valence-electron chi connectivity index (χ1n) is 5.84. The molecule has 0 aliphatic carbocycles. The first kappa shape index (κ1) is 37.9. The zero-order chi connectivity index (χ0) is 13.1. The molecular weight excluding hydrogens is 374 g/mol. The van der Waals surface area contributed by atoms with E-state index in [9.17, 15) is 0 Å². The molecule has 0 atom stereocenters. The van der Waals surface area contributed by atoms with Crippen molar-refractivity contribution in [3.8, 4) is 0 Å². The normalized spacial score (nSPS) is 9.00. The van der Waals surface area contributed by atoms with Crippen LogP contribution >= 0.6 is 0 Å². The van der Waals surface area contributed by atoms with E-state index < -0.39 is 0 Å². The van der Waals surface area contributed by atoms with E-state index in [1.165, 1.54) is 0 Å². The maximum Gasteiger partial charge on any atom is 1.00 e. The molecule has 0 aliphatic rings. The summed E-state index contributed by atoms with van der Waals surface area (Å²) >= 11 is 0. The second-order valence-electron chi connectivity index (χ2n) is 5.21. The largest absolute Gasteiger partial charge is 1.00 e. The molecule has 0 spiro atoms. The van der Waals surface area contributed by atoms with Crippen molar-refractivity contribution in [3.63, 3.8) is 0 Å². The molecule has 8 heteroatoms. The number of hydrogen-bond donors (Lipinski definition) is 0. The van der Waals surface area contributed by atoms with Gasteiger partial charge in [0.1, 0.15) is 0 Å². The molecule has 116 valence electrons. The van der Waals surface area contributed by atoms with Gasteiger partial charge in [0.2, 0.25) is 0 Å². The molecule has 4 nitrogen and oxygen atoms in total. The summed E-state index contributed by atoms with van der Waals surface area (Å²) in [7, 11) is 16.7. The molecule has 0 fully saturated rings. The molecule has 0 aromatic carbocycles. The average molecular weight is 406 g/mol. The molecule has 0 aromatic heterocycles. The first-order chi connectivity index (χ1) is 7.25. The number of likely N-dealkylation sites (N-methyl/N-ethyl adjacent to an activating group) is 4. The van der Waals surface area contributed by atoms with Gasteiger partial charge in [-0.05, 0) is 56.4 Å². The van der Waals surface area contributed by atoms with Gasteiger partial charge in [0.15, 0.2) is 0 Å². The molecule has 0 bridgehead atoms. The fourth-order valence-electron chi connectivity index (χ4n) is 0.800. The molecule has 0 aromatic rings. The third-order valence-corrected chi connectivity index (χ3v) is 1.99. The van der Waals surface area contributed by atoms with E-state index in [2.05, 4.69) is 76.0 Å². The van der Waals surface area contributed by atoms with Gasteiger partial charge < -0.3 is 53.6 Å². The minimum atomic E-state index is 0. The van der Waals surface area contributed by atoms with Crippen LogP contribution in [0.15, 0.2) is 0 Å². The minimum Gasteiger partial charge on any atom is -1.00 e. The van der Waals surface area contributed by atoms with Crippen molar-refractivity contribution in [2.75, 3.05) is 82.6 Å². The summed E-state index contributed by atoms with van der Waals surface area (Å²) in [6.45, 7) is 4.58. The summed E-state index contributed by atoms with van der Waals surface area (Å²) in [4.78, 5) is 8.72. The van der Waals surface area contributed by atoms with Crippen molar-refractivity contribution < 1.29 is 71.7 Å². The van der Waals surface area contributed by atoms with Crippen molar-refractivity contribution in [1.29, 1.82) is 0 Å². The molecule has 0 rings (SSSR count). The third-order valence-electron chi connectivity index (χ3n) is 1.99.